The minimum absolute atomic E-state index is 0. The fraction of sp³-hybridized carbons (Fsp3) is 0. The molecule has 0 heterocycles. The second-order valence-electron chi connectivity index (χ2n) is 0. The van der Waals surface area contributed by atoms with Crippen LogP contribution in [-0.4, -0.2) is 63.2 Å². The molecular formula is H24BNaO10. The predicted molar refractivity (Wildman–Crippen MR) is 47.5 cm³/mol. The fourth-order valence-corrected chi connectivity index (χ4v) is 0. The van der Waals surface area contributed by atoms with Gasteiger partial charge in [0, 0.05) is 0 Å². The first-order chi connectivity index (χ1) is 0. The van der Waals surface area contributed by atoms with Gasteiger partial charge in [-0.15, -0.1) is 0 Å². The average molecular weight is 218 g/mol. The van der Waals surface area contributed by atoms with Gasteiger partial charge in [0.25, 0.3) is 0 Å². The zero-order chi connectivity index (χ0) is 0. The van der Waals surface area contributed by atoms with Crippen molar-refractivity contribution in [2.24, 2.45) is 0 Å². The molecule has 12 heavy (non-hydrogen) atoms. The smallest absolute Gasteiger partial charge is 0.412 e. The molecule has 10 nitrogen and oxygen atoms in total. The summed E-state index contributed by atoms with van der Waals surface area (Å²) in [4.78, 5) is 0. The van der Waals surface area contributed by atoms with Crippen LogP contribution in [0.4, 0.5) is 0 Å². The van der Waals surface area contributed by atoms with Crippen LogP contribution in [0.1, 0.15) is 0 Å². The molecule has 0 unspecified atom stereocenters. The first-order valence-electron chi connectivity index (χ1n) is 0. The van der Waals surface area contributed by atoms with Gasteiger partial charge >= 0.3 is 29.6 Å². The summed E-state index contributed by atoms with van der Waals surface area (Å²) < 4.78 is 0. The van der Waals surface area contributed by atoms with Gasteiger partial charge < -0.3 is 54.8 Å². The Balaban J connectivity index is 0. The van der Waals surface area contributed by atoms with Gasteiger partial charge in [0.15, 0.2) is 0 Å². The largest absolute Gasteiger partial charge is 1.00 e. The Labute approximate surface area is 92.9 Å². The minimum Gasteiger partial charge on any atom is -0.412 e. The summed E-state index contributed by atoms with van der Waals surface area (Å²) in [5, 5.41) is 0. The first-order valence-corrected chi connectivity index (χ1v) is 0. The van der Waals surface area contributed by atoms with E-state index in [9.17, 15) is 0 Å². The van der Waals surface area contributed by atoms with Crippen LogP contribution in [0.25, 0.3) is 0 Å². The van der Waals surface area contributed by atoms with Crippen molar-refractivity contribution in [3.05, 3.63) is 0 Å². The topological polar surface area (TPSA) is 315 Å². The van der Waals surface area contributed by atoms with Gasteiger partial charge in [0.2, 0.25) is 0 Å². The summed E-state index contributed by atoms with van der Waals surface area (Å²) in [7, 11) is 0. The Morgan fingerprint density at radius 3 is 0.250 bits per heavy atom. The van der Waals surface area contributed by atoms with Gasteiger partial charge in [-0.05, 0) is 0 Å². The minimum atomic E-state index is 0. The molecule has 0 saturated heterocycles. The van der Waals surface area contributed by atoms with Crippen molar-refractivity contribution in [3.8, 4) is 0 Å². The molecule has 0 aromatic carbocycles. The summed E-state index contributed by atoms with van der Waals surface area (Å²) in [6.07, 6.45) is 0. The van der Waals surface area contributed by atoms with Crippen LogP contribution in [0.2, 0.25) is 0 Å². The molecule has 0 radical (unpaired) electrons. The number of rotatable bonds is 0. The van der Waals surface area contributed by atoms with Gasteiger partial charge in [0.05, 0.1) is 0 Å². The van der Waals surface area contributed by atoms with Crippen LogP contribution in [0.5, 0.6) is 0 Å². The second-order valence-corrected chi connectivity index (χ2v) is 0. The third kappa shape index (κ3) is 2250. The van der Waals surface area contributed by atoms with E-state index in [2.05, 4.69) is 0 Å². The van der Waals surface area contributed by atoms with E-state index >= 15 is 0 Å². The van der Waals surface area contributed by atoms with E-state index in [-0.39, 0.29) is 92.7 Å². The van der Waals surface area contributed by atoms with E-state index in [4.69, 9.17) is 0 Å². The van der Waals surface area contributed by atoms with Gasteiger partial charge in [-0.25, -0.2) is 0 Å². The molecule has 0 saturated carbocycles. The van der Waals surface area contributed by atoms with Crippen LogP contribution < -0.4 is 29.6 Å². The maximum atomic E-state index is 0. The Morgan fingerprint density at radius 2 is 0.250 bits per heavy atom. The molecular weight excluding hydrogens is 194 g/mol. The van der Waals surface area contributed by atoms with Crippen LogP contribution >= 0.6 is 0 Å². The van der Waals surface area contributed by atoms with E-state index in [1.54, 1.807) is 0 Å². The molecule has 0 aromatic rings. The zero-order valence-corrected chi connectivity index (χ0v) is 8.00. The van der Waals surface area contributed by atoms with E-state index < -0.39 is 0 Å². The monoisotopic (exact) mass is 218 g/mol. The normalized spacial score (nSPS) is 0. The van der Waals surface area contributed by atoms with Gasteiger partial charge in [-0.3, -0.25) is 0 Å². The van der Waals surface area contributed by atoms with Crippen LogP contribution in [-0.2, 0) is 0 Å². The predicted octanol–water partition coefficient (Wildman–Crippen LogP) is -12.7. The molecule has 0 aliphatic carbocycles. The van der Waals surface area contributed by atoms with Gasteiger partial charge in [-0.2, -0.15) is 0 Å². The molecule has 0 aliphatic heterocycles. The first kappa shape index (κ1) is 3900. The summed E-state index contributed by atoms with van der Waals surface area (Å²) in [5.41, 5.74) is 0. The average Bonchev–Trinajstić information content (AvgIpc) is 0. The summed E-state index contributed by atoms with van der Waals surface area (Å²) in [5.74, 6) is 0. The molecule has 0 aromatic heterocycles. The van der Waals surface area contributed by atoms with Crippen molar-refractivity contribution in [1.29, 1.82) is 0 Å². The van der Waals surface area contributed by atoms with Crippen molar-refractivity contribution in [1.82, 2.24) is 0 Å². The third-order valence-electron chi connectivity index (χ3n) is 0. The quantitative estimate of drug-likeness (QED) is 0.341. The Morgan fingerprint density at radius 1 is 0.250 bits per heavy atom. The molecule has 0 rings (SSSR count). The van der Waals surface area contributed by atoms with E-state index in [1.165, 1.54) is 0 Å². The second kappa shape index (κ2) is 3000. The van der Waals surface area contributed by atoms with Gasteiger partial charge in [0.1, 0.15) is 0 Å². The number of hydrogen-bond donors (Lipinski definition) is 0. The van der Waals surface area contributed by atoms with Crippen molar-refractivity contribution >= 4 is 8.41 Å². The van der Waals surface area contributed by atoms with Crippen molar-refractivity contribution in [2.45, 2.75) is 0 Å². The molecule has 12 heteroatoms. The summed E-state index contributed by atoms with van der Waals surface area (Å²) >= 11 is 0. The van der Waals surface area contributed by atoms with E-state index in [0.29, 0.717) is 0 Å². The van der Waals surface area contributed by atoms with Crippen LogP contribution in [0, 0.1) is 0 Å². The summed E-state index contributed by atoms with van der Waals surface area (Å²) in [6.45, 7) is 0. The van der Waals surface area contributed by atoms with Crippen molar-refractivity contribution in [3.63, 3.8) is 0 Å². The molecule has 88 valence electrons. The maximum absolute atomic E-state index is 0. The van der Waals surface area contributed by atoms with Crippen molar-refractivity contribution in [2.75, 3.05) is 0 Å². The standard InChI is InChI=1S/BH4.Na.10H2O/h1H4;;10*1H2/q-1;+1;;;;;;;;;;. The van der Waals surface area contributed by atoms with E-state index in [0.717, 1.165) is 0 Å². The molecule has 0 atom stereocenters. The zero-order valence-electron chi connectivity index (χ0n) is 6.00. The molecule has 0 fully saturated rings. The molecule has 0 aliphatic rings. The summed E-state index contributed by atoms with van der Waals surface area (Å²) in [6, 6.07) is 0. The number of hydrogen-bond acceptors (Lipinski definition) is 0. The van der Waals surface area contributed by atoms with Crippen LogP contribution in [0.3, 0.4) is 0 Å². The van der Waals surface area contributed by atoms with E-state index in [1.807, 2.05) is 0 Å². The van der Waals surface area contributed by atoms with Crippen LogP contribution in [0.15, 0.2) is 0 Å². The maximum Gasteiger partial charge on any atom is 1.00 e. The fourth-order valence-electron chi connectivity index (χ4n) is 0. The molecule has 0 amide bonds. The Hall–Kier alpha value is 0.665. The molecule has 0 spiro atoms. The molecule has 20 N–H and O–H groups in total. The third-order valence-corrected chi connectivity index (χ3v) is 0. The van der Waals surface area contributed by atoms with Crippen molar-refractivity contribution < 1.29 is 84.3 Å². The SMILES string of the molecule is O.O.O.O.O.O.O.O.O.O.[BH4-].[Na+]. The van der Waals surface area contributed by atoms with Gasteiger partial charge in [-0.1, -0.05) is 8.41 Å². The Bertz CT molecular complexity index is 9.80. The molecule has 0 bridgehead atoms. The Kier molecular flexibility index (Phi) is 975000.